The van der Waals surface area contributed by atoms with Crippen LogP contribution in [0.4, 0.5) is 8.78 Å². The normalized spacial score (nSPS) is 12.9. The zero-order chi connectivity index (χ0) is 57.5. The maximum absolute atomic E-state index is 13.8. The van der Waals surface area contributed by atoms with Gasteiger partial charge in [-0.1, -0.05) is 12.1 Å². The van der Waals surface area contributed by atoms with Crippen LogP contribution in [0.5, 0.6) is 34.5 Å². The van der Waals surface area contributed by atoms with Gasteiger partial charge < -0.3 is 37.8 Å². The van der Waals surface area contributed by atoms with E-state index in [-0.39, 0.29) is 44.5 Å². The van der Waals surface area contributed by atoms with E-state index in [1.165, 1.54) is 12.1 Å². The Morgan fingerprint density at radius 3 is 1.26 bits per heavy atom. The molecule has 20 nitrogen and oxygen atoms in total. The van der Waals surface area contributed by atoms with Crippen molar-refractivity contribution in [2.75, 3.05) is 50.8 Å². The van der Waals surface area contributed by atoms with Crippen molar-refractivity contribution < 1.29 is 81.7 Å². The molecule has 0 aliphatic heterocycles. The van der Waals surface area contributed by atoms with Gasteiger partial charge in [0.15, 0.2) is 76.1 Å². The van der Waals surface area contributed by atoms with E-state index in [2.05, 4.69) is 0 Å². The maximum Gasteiger partial charge on any atom is 0.250 e. The Balaban J connectivity index is 0.000000231. The van der Waals surface area contributed by atoms with E-state index in [0.29, 0.717) is 69.5 Å². The summed E-state index contributed by atoms with van der Waals surface area (Å²) in [6, 6.07) is 29.7. The summed E-state index contributed by atoms with van der Waals surface area (Å²) in [7, 11) is -18.2. The van der Waals surface area contributed by atoms with Crippen molar-refractivity contribution >= 4 is 101 Å². The van der Waals surface area contributed by atoms with E-state index in [9.17, 15) is 44.5 Å². The molecule has 0 radical (unpaired) electrons. The highest BCUT2D eigenvalue weighted by Gasteiger charge is 2.25. The van der Waals surface area contributed by atoms with Crippen LogP contribution in [0.2, 0.25) is 0 Å². The standard InChI is InChI=1S/2C25H22ClFN3O7PS2/c26-6-10-35-23-15-24-19(12-22(23)36-11-9-30-7-2-1-3-8-30)13-25(39-24)40(33,34)29-17-38(31,32)37-20-5-4-18(16-28)21(27)14-20;26-6-10-35-22-12-19-13-25(39-24(19)15-23(22)36-11-9-30-7-2-1-3-8-30)40(33,34)29-17-38(31,32)37-20-5-4-18(16-28)21(27)14-20/h2*1-5,7-8,12-15,29H,6,9-11,17H2. The number of fused-ring (bicyclic) bond motifs is 2. The van der Waals surface area contributed by atoms with Crippen molar-refractivity contribution in [3.05, 3.63) is 157 Å². The first kappa shape index (κ1) is 61.1. The Labute approximate surface area is 475 Å². The minimum absolute atomic E-state index is 0.146. The highest BCUT2D eigenvalue weighted by molar-refractivity contribution is 7.92. The first-order valence-electron chi connectivity index (χ1n) is 23.2. The van der Waals surface area contributed by atoms with Crippen LogP contribution in [0.25, 0.3) is 20.2 Å². The van der Waals surface area contributed by atoms with E-state index in [0.717, 1.165) is 59.1 Å². The largest absolute Gasteiger partial charge is 0.768 e. The number of hydrogen-bond acceptors (Lipinski definition) is 18. The number of thiophene rings is 2. The number of ether oxygens (including phenoxy) is 4. The van der Waals surface area contributed by atoms with Gasteiger partial charge in [0.2, 0.25) is 0 Å². The first-order valence-corrected chi connectivity index (χ1v) is 32.4. The van der Waals surface area contributed by atoms with E-state index < -0.39 is 70.9 Å². The van der Waals surface area contributed by atoms with Crippen LogP contribution in [-0.2, 0) is 42.3 Å². The number of nitrogens with one attached hydrogen (secondary N) is 2. The fourth-order valence-electron chi connectivity index (χ4n) is 6.89. The molecule has 30 heteroatoms. The molecule has 2 atom stereocenters. The van der Waals surface area contributed by atoms with Gasteiger partial charge in [-0.05, 0) is 59.3 Å². The molecule has 0 amide bonds. The Bertz CT molecular complexity index is 3650. The minimum atomic E-state index is -4.82. The lowest BCUT2D eigenvalue weighted by Gasteiger charge is -2.24. The van der Waals surface area contributed by atoms with Crippen LogP contribution < -0.4 is 56.4 Å². The van der Waals surface area contributed by atoms with E-state index in [1.54, 1.807) is 36.4 Å². The molecule has 0 fully saturated rings. The van der Waals surface area contributed by atoms with Gasteiger partial charge in [-0.15, -0.1) is 45.9 Å². The number of nitrogens with zero attached hydrogens (tertiary/aromatic N) is 4. The number of benzene rings is 4. The molecule has 0 saturated heterocycles. The minimum Gasteiger partial charge on any atom is -0.768 e. The van der Waals surface area contributed by atoms with Crippen LogP contribution in [0.1, 0.15) is 11.1 Å². The summed E-state index contributed by atoms with van der Waals surface area (Å²) >= 11 is 13.4. The Morgan fingerprint density at radius 1 is 0.550 bits per heavy atom. The molecule has 420 valence electrons. The number of alkyl halides is 2. The highest BCUT2D eigenvalue weighted by atomic mass is 35.5. The van der Waals surface area contributed by atoms with Crippen molar-refractivity contribution in [3.8, 4) is 46.6 Å². The lowest BCUT2D eigenvalue weighted by Crippen LogP contribution is -2.35. The quantitative estimate of drug-likeness (QED) is 0.0301. The predicted molar refractivity (Wildman–Crippen MR) is 289 cm³/mol. The van der Waals surface area contributed by atoms with Crippen LogP contribution in [0.15, 0.2) is 142 Å². The van der Waals surface area contributed by atoms with Gasteiger partial charge in [0.25, 0.3) is 20.0 Å². The van der Waals surface area contributed by atoms with Gasteiger partial charge in [-0.2, -0.15) is 10.5 Å². The zero-order valence-corrected chi connectivity index (χ0v) is 47.9. The fraction of sp³-hybridized carbons (Fsp3) is 0.200. The number of rotatable bonds is 26. The molecule has 0 aliphatic carbocycles. The Kier molecular flexibility index (Phi) is 21.2. The molecule has 4 heterocycles. The number of halogens is 4. The zero-order valence-electron chi connectivity index (χ0n) is 41.3. The third kappa shape index (κ3) is 17.3. The Morgan fingerprint density at radius 2 is 0.912 bits per heavy atom. The molecule has 0 saturated carbocycles. The van der Waals surface area contributed by atoms with Gasteiger partial charge in [0.05, 0.1) is 35.5 Å². The summed E-state index contributed by atoms with van der Waals surface area (Å²) in [5, 5.41) is 18.6. The lowest BCUT2D eigenvalue weighted by atomic mass is 10.2. The van der Waals surface area contributed by atoms with Crippen LogP contribution >= 0.6 is 61.1 Å². The lowest BCUT2D eigenvalue weighted by molar-refractivity contribution is -0.697. The summed E-state index contributed by atoms with van der Waals surface area (Å²) in [5.74, 6) is -0.683. The fourth-order valence-corrected chi connectivity index (χ4v) is 14.9. The van der Waals surface area contributed by atoms with Gasteiger partial charge in [0.1, 0.15) is 70.1 Å². The smallest absolute Gasteiger partial charge is 0.250 e. The summed E-state index contributed by atoms with van der Waals surface area (Å²) < 4.78 is 145. The second-order valence-corrected chi connectivity index (χ2v) is 26.7. The second kappa shape index (κ2) is 27.8. The predicted octanol–water partition coefficient (Wildman–Crippen LogP) is 7.53. The highest BCUT2D eigenvalue weighted by Crippen LogP contribution is 2.43. The van der Waals surface area contributed by atoms with E-state index >= 15 is 0 Å². The summed E-state index contributed by atoms with van der Waals surface area (Å²) in [4.78, 5) is 24.7. The second-order valence-electron chi connectivity index (χ2n) is 16.3. The first-order chi connectivity index (χ1) is 38.2. The maximum atomic E-state index is 13.8. The molecule has 2 unspecified atom stereocenters. The monoisotopic (exact) mass is 1250 g/mol. The van der Waals surface area contributed by atoms with Crippen molar-refractivity contribution in [2.45, 2.75) is 21.5 Å². The van der Waals surface area contributed by atoms with Crippen LogP contribution in [0, 0.1) is 34.3 Å². The van der Waals surface area contributed by atoms with Crippen LogP contribution in [0.3, 0.4) is 0 Å². The third-order valence-electron chi connectivity index (χ3n) is 10.6. The summed E-state index contributed by atoms with van der Waals surface area (Å²) in [6.45, 7) is 2.17. The van der Waals surface area contributed by atoms with Gasteiger partial charge >= 0.3 is 0 Å². The number of aromatic nitrogens is 2. The molecule has 2 N–H and O–H groups in total. The van der Waals surface area contributed by atoms with E-state index in [1.807, 2.05) is 79.8 Å². The average Bonchev–Trinajstić information content (AvgIpc) is 4.06. The van der Waals surface area contributed by atoms with Gasteiger partial charge in [-0.25, -0.2) is 44.2 Å². The van der Waals surface area contributed by atoms with Crippen molar-refractivity contribution in [2.24, 2.45) is 0 Å². The Hall–Kier alpha value is -6.48. The molecule has 8 aromatic rings. The van der Waals surface area contributed by atoms with Gasteiger partial charge in [0, 0.05) is 57.9 Å². The SMILES string of the molecule is N#Cc1ccc(OP(=O)([O-])CNS(=O)(=O)c2cc3cc(OCCCl)c(OCC[n+]4ccccc4)cc3s2)cc1F.N#Cc1ccc(OP(=O)([O-])CNS(=O)(=O)c2cc3cc(OCC[n+]4ccccc4)c(OCCCl)cc3s2)cc1F. The van der Waals surface area contributed by atoms with Crippen molar-refractivity contribution in [3.63, 3.8) is 0 Å². The topological polar surface area (TPSA) is 283 Å². The number of nitriles is 2. The number of pyridine rings is 2. The third-order valence-corrected chi connectivity index (χ3v) is 19.3. The molecular weight excluding hydrogens is 1210 g/mol. The molecule has 0 spiro atoms. The average molecular weight is 1250 g/mol. The molecule has 80 heavy (non-hydrogen) atoms. The molecular formula is C50H44Cl2F2N6O14P2S4. The van der Waals surface area contributed by atoms with Crippen molar-refractivity contribution in [1.82, 2.24) is 9.44 Å². The van der Waals surface area contributed by atoms with Gasteiger partial charge in [-0.3, -0.25) is 9.13 Å². The molecule has 8 rings (SSSR count). The molecule has 4 aromatic carbocycles. The molecule has 4 aromatic heterocycles. The molecule has 0 aliphatic rings. The summed E-state index contributed by atoms with van der Waals surface area (Å²) in [6.07, 6.45) is 5.43. The number of sulfonamides is 2. The van der Waals surface area contributed by atoms with Crippen molar-refractivity contribution in [1.29, 1.82) is 10.5 Å². The molecule has 0 bridgehead atoms. The van der Waals surface area contributed by atoms with E-state index in [4.69, 9.17) is 61.7 Å². The number of hydrogen-bond donors (Lipinski definition) is 2. The summed E-state index contributed by atoms with van der Waals surface area (Å²) in [5.41, 5.74) is -0.586. The van der Waals surface area contributed by atoms with Crippen LogP contribution in [-0.4, -0.2) is 67.6 Å².